The van der Waals surface area contributed by atoms with Crippen LogP contribution in [0, 0.1) is 5.92 Å². The molecule has 4 heteroatoms. The molecule has 0 saturated carbocycles. The summed E-state index contributed by atoms with van der Waals surface area (Å²) in [5.41, 5.74) is 1.45. The highest BCUT2D eigenvalue weighted by Gasteiger charge is 2.15. The van der Waals surface area contributed by atoms with Crippen molar-refractivity contribution in [2.45, 2.75) is 5.75 Å². The van der Waals surface area contributed by atoms with Crippen molar-refractivity contribution in [1.82, 2.24) is 5.32 Å². The summed E-state index contributed by atoms with van der Waals surface area (Å²) in [6, 6.07) is 2.22. The van der Waals surface area contributed by atoms with Gasteiger partial charge in [0.2, 0.25) is 0 Å². The van der Waals surface area contributed by atoms with Gasteiger partial charge < -0.3 is 5.32 Å². The Bertz CT molecular complexity index is 270. The summed E-state index contributed by atoms with van der Waals surface area (Å²) in [6.07, 6.45) is 0. The Hall–Kier alpha value is 0.490. The Morgan fingerprint density at radius 3 is 3.00 bits per heavy atom. The van der Waals surface area contributed by atoms with Crippen LogP contribution in [0.1, 0.15) is 5.56 Å². The van der Waals surface area contributed by atoms with Crippen LogP contribution in [-0.4, -0.2) is 18.8 Å². The fraction of sp³-hybridized carbons (Fsp3) is 0.556. The van der Waals surface area contributed by atoms with Crippen molar-refractivity contribution in [3.63, 3.8) is 0 Å². The Kier molecular flexibility index (Phi) is 3.72. The summed E-state index contributed by atoms with van der Waals surface area (Å²) < 4.78 is 1.24. The molecule has 1 saturated heterocycles. The second-order valence-corrected chi connectivity index (χ2v) is 6.62. The van der Waals surface area contributed by atoms with Gasteiger partial charge in [-0.25, -0.2) is 0 Å². The third kappa shape index (κ3) is 2.98. The summed E-state index contributed by atoms with van der Waals surface area (Å²) in [4.78, 5) is 0. The molecule has 1 aliphatic rings. The van der Waals surface area contributed by atoms with E-state index in [1.807, 2.05) is 11.8 Å². The molecule has 1 N–H and O–H groups in total. The van der Waals surface area contributed by atoms with E-state index < -0.39 is 0 Å². The highest BCUT2D eigenvalue weighted by molar-refractivity contribution is 9.11. The number of thiophene rings is 1. The maximum Gasteiger partial charge on any atom is 0.0701 e. The minimum absolute atomic E-state index is 0.923. The predicted molar refractivity (Wildman–Crippen MR) is 64.5 cm³/mol. The average Bonchev–Trinajstić information content (AvgIpc) is 2.42. The lowest BCUT2D eigenvalue weighted by molar-refractivity contribution is 0.385. The van der Waals surface area contributed by atoms with E-state index in [2.05, 4.69) is 32.7 Å². The summed E-state index contributed by atoms with van der Waals surface area (Å²) >= 11 is 7.30. The molecular formula is C9H12BrNS2. The van der Waals surface area contributed by atoms with Crippen molar-refractivity contribution in [1.29, 1.82) is 0 Å². The quantitative estimate of drug-likeness (QED) is 0.908. The van der Waals surface area contributed by atoms with Crippen LogP contribution >= 0.6 is 39.0 Å². The zero-order chi connectivity index (χ0) is 9.10. The maximum absolute atomic E-state index is 3.48. The van der Waals surface area contributed by atoms with Gasteiger partial charge in [0.1, 0.15) is 0 Å². The van der Waals surface area contributed by atoms with E-state index >= 15 is 0 Å². The lowest BCUT2D eigenvalue weighted by Gasteiger charge is -2.26. The fourth-order valence-corrected chi connectivity index (χ4v) is 3.64. The molecule has 0 amide bonds. The van der Waals surface area contributed by atoms with E-state index in [0.717, 1.165) is 5.92 Å². The van der Waals surface area contributed by atoms with Crippen molar-refractivity contribution in [3.05, 3.63) is 20.8 Å². The number of hydrogen-bond donors (Lipinski definition) is 1. The second-order valence-electron chi connectivity index (χ2n) is 3.30. The van der Waals surface area contributed by atoms with Crippen molar-refractivity contribution < 1.29 is 0 Å². The van der Waals surface area contributed by atoms with E-state index in [0.29, 0.717) is 0 Å². The number of rotatable bonds is 4. The van der Waals surface area contributed by atoms with Gasteiger partial charge in [-0.3, -0.25) is 0 Å². The first-order chi connectivity index (χ1) is 6.34. The third-order valence-electron chi connectivity index (χ3n) is 2.11. The standard InChI is InChI=1S/C9H12BrNS2/c10-9-1-7(6-13-9)4-12-5-8-2-11-3-8/h1,6,8,11H,2-5H2. The van der Waals surface area contributed by atoms with Gasteiger partial charge in [-0.2, -0.15) is 11.8 Å². The van der Waals surface area contributed by atoms with Gasteiger partial charge in [0.05, 0.1) is 3.79 Å². The molecule has 1 aliphatic heterocycles. The third-order valence-corrected chi connectivity index (χ3v) is 4.91. The van der Waals surface area contributed by atoms with E-state index in [4.69, 9.17) is 0 Å². The topological polar surface area (TPSA) is 12.0 Å². The molecule has 72 valence electrons. The molecule has 2 heterocycles. The van der Waals surface area contributed by atoms with Crippen molar-refractivity contribution in [2.24, 2.45) is 5.92 Å². The first-order valence-electron chi connectivity index (χ1n) is 4.36. The molecule has 2 rings (SSSR count). The van der Waals surface area contributed by atoms with Crippen LogP contribution in [0.5, 0.6) is 0 Å². The molecule has 0 unspecified atom stereocenters. The van der Waals surface area contributed by atoms with E-state index in [-0.39, 0.29) is 0 Å². The minimum atomic E-state index is 0.923. The van der Waals surface area contributed by atoms with Gasteiger partial charge in [-0.05, 0) is 57.7 Å². The summed E-state index contributed by atoms with van der Waals surface area (Å²) in [5, 5.41) is 5.53. The molecule has 0 atom stereocenters. The number of hydrogen-bond acceptors (Lipinski definition) is 3. The molecule has 1 aromatic heterocycles. The lowest BCUT2D eigenvalue weighted by Crippen LogP contribution is -2.43. The molecule has 0 aliphatic carbocycles. The SMILES string of the molecule is Brc1cc(CSCC2CNC2)cs1. The van der Waals surface area contributed by atoms with Gasteiger partial charge in [0.15, 0.2) is 0 Å². The molecule has 1 aromatic rings. The molecule has 1 fully saturated rings. The summed E-state index contributed by atoms with van der Waals surface area (Å²) in [6.45, 7) is 2.45. The molecule has 0 aromatic carbocycles. The Balaban J connectivity index is 1.67. The average molecular weight is 278 g/mol. The molecular weight excluding hydrogens is 266 g/mol. The normalized spacial score (nSPS) is 17.3. The van der Waals surface area contributed by atoms with Crippen LogP contribution in [0.15, 0.2) is 15.2 Å². The van der Waals surface area contributed by atoms with Crippen molar-refractivity contribution in [3.8, 4) is 0 Å². The smallest absolute Gasteiger partial charge is 0.0701 e. The van der Waals surface area contributed by atoms with Gasteiger partial charge >= 0.3 is 0 Å². The first kappa shape index (κ1) is 10.0. The van der Waals surface area contributed by atoms with Crippen molar-refractivity contribution in [2.75, 3.05) is 18.8 Å². The minimum Gasteiger partial charge on any atom is -0.316 e. The van der Waals surface area contributed by atoms with E-state index in [1.165, 1.54) is 33.9 Å². The van der Waals surface area contributed by atoms with Gasteiger partial charge in [-0.15, -0.1) is 11.3 Å². The van der Waals surface area contributed by atoms with E-state index in [1.54, 1.807) is 11.3 Å². The Labute approximate surface area is 95.4 Å². The maximum atomic E-state index is 3.48. The Morgan fingerprint density at radius 1 is 1.62 bits per heavy atom. The Morgan fingerprint density at radius 2 is 2.46 bits per heavy atom. The van der Waals surface area contributed by atoms with Crippen LogP contribution in [0.4, 0.5) is 0 Å². The van der Waals surface area contributed by atoms with Crippen LogP contribution < -0.4 is 5.32 Å². The van der Waals surface area contributed by atoms with Gasteiger partial charge in [0, 0.05) is 5.75 Å². The molecule has 0 bridgehead atoms. The van der Waals surface area contributed by atoms with Crippen LogP contribution in [0.3, 0.4) is 0 Å². The second kappa shape index (κ2) is 4.82. The number of thioether (sulfide) groups is 1. The highest BCUT2D eigenvalue weighted by Crippen LogP contribution is 2.25. The summed E-state index contributed by atoms with van der Waals surface area (Å²) in [5.74, 6) is 3.39. The van der Waals surface area contributed by atoms with Gasteiger partial charge in [-0.1, -0.05) is 0 Å². The molecule has 0 spiro atoms. The first-order valence-corrected chi connectivity index (χ1v) is 7.18. The molecule has 0 radical (unpaired) electrons. The summed E-state index contributed by atoms with van der Waals surface area (Å²) in [7, 11) is 0. The van der Waals surface area contributed by atoms with Gasteiger partial charge in [0.25, 0.3) is 0 Å². The highest BCUT2D eigenvalue weighted by atomic mass is 79.9. The van der Waals surface area contributed by atoms with Crippen molar-refractivity contribution >= 4 is 39.0 Å². The number of halogens is 1. The lowest BCUT2D eigenvalue weighted by atomic mass is 10.1. The van der Waals surface area contributed by atoms with Crippen LogP contribution in [0.25, 0.3) is 0 Å². The molecule has 13 heavy (non-hydrogen) atoms. The number of nitrogens with one attached hydrogen (secondary N) is 1. The monoisotopic (exact) mass is 277 g/mol. The zero-order valence-electron chi connectivity index (χ0n) is 7.25. The van der Waals surface area contributed by atoms with E-state index in [9.17, 15) is 0 Å². The van der Waals surface area contributed by atoms with Crippen LogP contribution in [0.2, 0.25) is 0 Å². The fourth-order valence-electron chi connectivity index (χ4n) is 1.23. The predicted octanol–water partition coefficient (Wildman–Crippen LogP) is 2.96. The largest absolute Gasteiger partial charge is 0.316 e. The zero-order valence-corrected chi connectivity index (χ0v) is 10.5. The molecule has 1 nitrogen and oxygen atoms in total. The van der Waals surface area contributed by atoms with Crippen LogP contribution in [-0.2, 0) is 5.75 Å².